The zero-order valence-electron chi connectivity index (χ0n) is 17.3. The molecule has 0 saturated carbocycles. The number of benzene rings is 2. The van der Waals surface area contributed by atoms with Gasteiger partial charge in [0.25, 0.3) is 5.91 Å². The van der Waals surface area contributed by atoms with Gasteiger partial charge in [0.05, 0.1) is 26.2 Å². The van der Waals surface area contributed by atoms with Gasteiger partial charge in [-0.15, -0.1) is 11.3 Å². The molecule has 0 fully saturated rings. The highest BCUT2D eigenvalue weighted by Gasteiger charge is 2.30. The van der Waals surface area contributed by atoms with Crippen molar-refractivity contribution in [1.82, 2.24) is 5.32 Å². The number of nitrogens with one attached hydrogen (secondary N) is 1. The standard InChI is InChI=1S/C22H23NO6S2/c1-27-16-6-8-19(9-7-16)31(25,26)21(20-5-4-10-30-20)14-23-22(24)15-11-17(28-2)13-18(12-15)29-3/h4-13,21H,14H2,1-3H3,(H,23,24). The molecule has 1 amide bonds. The second-order valence-corrected chi connectivity index (χ2v) is 9.65. The lowest BCUT2D eigenvalue weighted by Gasteiger charge is -2.18. The SMILES string of the molecule is COc1ccc(S(=O)(=O)C(CNC(=O)c2cc(OC)cc(OC)c2)c2cccs2)cc1. The fraction of sp³-hybridized carbons (Fsp3) is 0.227. The Morgan fingerprint density at radius 3 is 2.06 bits per heavy atom. The maximum absolute atomic E-state index is 13.4. The molecular formula is C22H23NO6S2. The average Bonchev–Trinajstić information content (AvgIpc) is 3.32. The molecule has 1 heterocycles. The van der Waals surface area contributed by atoms with Crippen molar-refractivity contribution in [2.24, 2.45) is 0 Å². The molecule has 1 atom stereocenters. The summed E-state index contributed by atoms with van der Waals surface area (Å²) in [5.74, 6) is 1.06. The van der Waals surface area contributed by atoms with Crippen molar-refractivity contribution >= 4 is 27.1 Å². The normalized spacial score (nSPS) is 12.1. The van der Waals surface area contributed by atoms with Gasteiger partial charge in [-0.05, 0) is 47.8 Å². The molecule has 0 bridgehead atoms. The maximum atomic E-state index is 13.4. The smallest absolute Gasteiger partial charge is 0.251 e. The predicted octanol–water partition coefficient (Wildman–Crippen LogP) is 3.72. The van der Waals surface area contributed by atoms with Crippen molar-refractivity contribution in [1.29, 1.82) is 0 Å². The van der Waals surface area contributed by atoms with Gasteiger partial charge in [0.15, 0.2) is 9.84 Å². The van der Waals surface area contributed by atoms with Crippen molar-refractivity contribution in [3.8, 4) is 17.2 Å². The summed E-state index contributed by atoms with van der Waals surface area (Å²) >= 11 is 1.32. The van der Waals surface area contributed by atoms with Gasteiger partial charge in [-0.2, -0.15) is 0 Å². The number of ether oxygens (including phenoxy) is 3. The van der Waals surface area contributed by atoms with E-state index in [4.69, 9.17) is 14.2 Å². The molecular weight excluding hydrogens is 438 g/mol. The minimum absolute atomic E-state index is 0.0900. The summed E-state index contributed by atoms with van der Waals surface area (Å²) in [6.07, 6.45) is 0. The van der Waals surface area contributed by atoms with Crippen molar-refractivity contribution in [3.63, 3.8) is 0 Å². The van der Waals surface area contributed by atoms with Gasteiger partial charge < -0.3 is 19.5 Å². The molecule has 2 aromatic carbocycles. The highest BCUT2D eigenvalue weighted by molar-refractivity contribution is 7.91. The second kappa shape index (κ2) is 9.84. The number of hydrogen-bond acceptors (Lipinski definition) is 7. The highest BCUT2D eigenvalue weighted by atomic mass is 32.2. The van der Waals surface area contributed by atoms with Crippen LogP contribution in [0, 0.1) is 0 Å². The number of carbonyl (C=O) groups excluding carboxylic acids is 1. The zero-order chi connectivity index (χ0) is 22.4. The van der Waals surface area contributed by atoms with Crippen LogP contribution in [0.25, 0.3) is 0 Å². The van der Waals surface area contributed by atoms with Crippen LogP contribution in [-0.2, 0) is 9.84 Å². The highest BCUT2D eigenvalue weighted by Crippen LogP contribution is 2.32. The van der Waals surface area contributed by atoms with Crippen LogP contribution >= 0.6 is 11.3 Å². The Bertz CT molecular complexity index is 1100. The Morgan fingerprint density at radius 1 is 0.935 bits per heavy atom. The lowest BCUT2D eigenvalue weighted by atomic mass is 10.2. The van der Waals surface area contributed by atoms with E-state index >= 15 is 0 Å². The molecule has 0 spiro atoms. The number of carbonyl (C=O) groups is 1. The number of methoxy groups -OCH3 is 3. The topological polar surface area (TPSA) is 90.9 Å². The van der Waals surface area contributed by atoms with Gasteiger partial charge in [0.2, 0.25) is 0 Å². The first-order chi connectivity index (χ1) is 14.9. The van der Waals surface area contributed by atoms with Gasteiger partial charge in [0.1, 0.15) is 22.5 Å². The zero-order valence-corrected chi connectivity index (χ0v) is 19.0. The third-order valence-corrected chi connectivity index (χ3v) is 7.92. The molecule has 9 heteroatoms. The van der Waals surface area contributed by atoms with E-state index < -0.39 is 21.0 Å². The molecule has 0 aliphatic carbocycles. The summed E-state index contributed by atoms with van der Waals surface area (Å²) in [6, 6.07) is 14.5. The van der Waals surface area contributed by atoms with E-state index in [0.717, 1.165) is 0 Å². The second-order valence-electron chi connectivity index (χ2n) is 6.54. The average molecular weight is 462 g/mol. The quantitative estimate of drug-likeness (QED) is 0.522. The van der Waals surface area contributed by atoms with Gasteiger partial charge in [0, 0.05) is 23.1 Å². The first-order valence-corrected chi connectivity index (χ1v) is 11.7. The fourth-order valence-electron chi connectivity index (χ4n) is 2.99. The number of rotatable bonds is 9. The largest absolute Gasteiger partial charge is 0.497 e. The van der Waals surface area contributed by atoms with Crippen molar-refractivity contribution in [2.45, 2.75) is 10.1 Å². The Morgan fingerprint density at radius 2 is 1.55 bits per heavy atom. The molecule has 1 N–H and O–H groups in total. The molecule has 3 rings (SSSR count). The monoisotopic (exact) mass is 461 g/mol. The maximum Gasteiger partial charge on any atom is 0.251 e. The molecule has 3 aromatic rings. The molecule has 0 aliphatic rings. The minimum Gasteiger partial charge on any atom is -0.497 e. The van der Waals surface area contributed by atoms with Gasteiger partial charge in [-0.25, -0.2) is 8.42 Å². The van der Waals surface area contributed by atoms with Crippen molar-refractivity contribution in [3.05, 3.63) is 70.4 Å². The Labute approximate surface area is 185 Å². The van der Waals surface area contributed by atoms with E-state index in [1.807, 2.05) is 0 Å². The van der Waals surface area contributed by atoms with E-state index in [1.165, 1.54) is 44.8 Å². The van der Waals surface area contributed by atoms with Crippen molar-refractivity contribution in [2.75, 3.05) is 27.9 Å². The van der Waals surface area contributed by atoms with E-state index in [0.29, 0.717) is 27.7 Å². The molecule has 0 saturated heterocycles. The van der Waals surface area contributed by atoms with E-state index in [2.05, 4.69) is 5.32 Å². The Balaban J connectivity index is 1.86. The summed E-state index contributed by atoms with van der Waals surface area (Å²) in [6.45, 7) is -0.0900. The van der Waals surface area contributed by atoms with Gasteiger partial charge in [-0.1, -0.05) is 6.07 Å². The van der Waals surface area contributed by atoms with Crippen molar-refractivity contribution < 1.29 is 27.4 Å². The molecule has 1 aromatic heterocycles. The molecule has 0 aliphatic heterocycles. The van der Waals surface area contributed by atoms with Crippen LogP contribution in [0.4, 0.5) is 0 Å². The van der Waals surface area contributed by atoms with Crippen LogP contribution in [-0.4, -0.2) is 42.2 Å². The summed E-state index contributed by atoms with van der Waals surface area (Å²) in [7, 11) is 0.735. The van der Waals surface area contributed by atoms with Crippen LogP contribution in [0.15, 0.2) is 64.9 Å². The van der Waals surface area contributed by atoms with Crippen LogP contribution < -0.4 is 19.5 Å². The number of hydrogen-bond donors (Lipinski definition) is 1. The third kappa shape index (κ3) is 5.18. The molecule has 164 valence electrons. The summed E-state index contributed by atoms with van der Waals surface area (Å²) < 4.78 is 42.2. The minimum atomic E-state index is -3.76. The molecule has 31 heavy (non-hydrogen) atoms. The van der Waals surface area contributed by atoms with Crippen LogP contribution in [0.5, 0.6) is 17.2 Å². The van der Waals surface area contributed by atoms with Crippen LogP contribution in [0.3, 0.4) is 0 Å². The predicted molar refractivity (Wildman–Crippen MR) is 119 cm³/mol. The third-order valence-electron chi connectivity index (χ3n) is 4.68. The van der Waals surface area contributed by atoms with E-state index in [-0.39, 0.29) is 11.4 Å². The molecule has 0 radical (unpaired) electrons. The molecule has 1 unspecified atom stereocenters. The summed E-state index contributed by atoms with van der Waals surface area (Å²) in [4.78, 5) is 13.6. The number of sulfone groups is 1. The summed E-state index contributed by atoms with van der Waals surface area (Å²) in [5, 5.41) is 3.61. The summed E-state index contributed by atoms with van der Waals surface area (Å²) in [5.41, 5.74) is 0.308. The lowest BCUT2D eigenvalue weighted by Crippen LogP contribution is -2.31. The van der Waals surface area contributed by atoms with E-state index in [1.54, 1.807) is 47.8 Å². The number of thiophene rings is 1. The van der Waals surface area contributed by atoms with Gasteiger partial charge in [-0.3, -0.25) is 4.79 Å². The Kier molecular flexibility index (Phi) is 7.19. The number of amides is 1. The van der Waals surface area contributed by atoms with Crippen LogP contribution in [0.1, 0.15) is 20.5 Å². The lowest BCUT2D eigenvalue weighted by molar-refractivity contribution is 0.0953. The first kappa shape index (κ1) is 22.6. The van der Waals surface area contributed by atoms with Gasteiger partial charge >= 0.3 is 0 Å². The molecule has 7 nitrogen and oxygen atoms in total. The van der Waals surface area contributed by atoms with Crippen LogP contribution in [0.2, 0.25) is 0 Å². The van der Waals surface area contributed by atoms with E-state index in [9.17, 15) is 13.2 Å². The first-order valence-electron chi connectivity index (χ1n) is 9.31. The Hall–Kier alpha value is -3.04. The fourth-order valence-corrected chi connectivity index (χ4v) is 5.78.